The molecule has 0 amide bonds. The van der Waals surface area contributed by atoms with E-state index >= 15 is 0 Å². The molecule has 0 heterocycles. The second-order valence-corrected chi connectivity index (χ2v) is 8.46. The first-order valence-corrected chi connectivity index (χ1v) is 12.2. The van der Waals surface area contributed by atoms with Crippen LogP contribution in [0.3, 0.4) is 0 Å². The predicted octanol–water partition coefficient (Wildman–Crippen LogP) is 0.795. The average Bonchev–Trinajstić information content (AvgIpc) is 2.82. The van der Waals surface area contributed by atoms with Crippen LogP contribution in [0.5, 0.6) is 0 Å². The Bertz CT molecular complexity index is 631. The molecule has 0 spiro atoms. The zero-order valence-electron chi connectivity index (χ0n) is 22.2. The molecule has 0 atom stereocenters. The van der Waals surface area contributed by atoms with Gasteiger partial charge in [-0.1, -0.05) is 0 Å². The van der Waals surface area contributed by atoms with E-state index in [1.54, 1.807) is 0 Å². The van der Waals surface area contributed by atoms with Gasteiger partial charge in [-0.25, -0.2) is 4.79 Å². The van der Waals surface area contributed by atoms with Crippen LogP contribution in [-0.2, 0) is 57.1 Å². The number of hydrogen-bond donors (Lipinski definition) is 1. The molecule has 0 saturated carbocycles. The second kappa shape index (κ2) is 23.0. The zero-order chi connectivity index (χ0) is 27.8. The van der Waals surface area contributed by atoms with E-state index in [1.165, 1.54) is 0 Å². The van der Waals surface area contributed by atoms with Gasteiger partial charge in [-0.15, -0.1) is 0 Å². The van der Waals surface area contributed by atoms with E-state index in [1.807, 2.05) is 20.8 Å². The van der Waals surface area contributed by atoms with Crippen molar-refractivity contribution in [1.82, 2.24) is 0 Å². The van der Waals surface area contributed by atoms with Crippen molar-refractivity contribution in [3.63, 3.8) is 0 Å². The van der Waals surface area contributed by atoms with Crippen LogP contribution in [0.4, 0.5) is 0 Å². The highest BCUT2D eigenvalue weighted by Crippen LogP contribution is 2.08. The number of carbonyl (C=O) groups is 4. The molecule has 216 valence electrons. The smallest absolute Gasteiger partial charge is 0.372 e. The van der Waals surface area contributed by atoms with Gasteiger partial charge in [-0.05, 0) is 20.8 Å². The molecule has 0 aromatic rings. The fraction of sp³-hybridized carbons (Fsp3) is 0.833. The number of esters is 2. The first-order chi connectivity index (χ1) is 17.6. The van der Waals surface area contributed by atoms with Crippen molar-refractivity contribution in [3.05, 3.63) is 0 Å². The lowest BCUT2D eigenvalue weighted by atomic mass is 10.2. The highest BCUT2D eigenvalue weighted by molar-refractivity contribution is 6.32. The van der Waals surface area contributed by atoms with E-state index in [4.69, 9.17) is 43.0 Å². The topological polar surface area (TPSA) is 162 Å². The van der Waals surface area contributed by atoms with Gasteiger partial charge in [-0.3, -0.25) is 14.4 Å². The molecule has 0 bridgehead atoms. The van der Waals surface area contributed by atoms with Crippen molar-refractivity contribution < 1.29 is 62.2 Å². The van der Waals surface area contributed by atoms with Crippen LogP contribution in [0.2, 0.25) is 0 Å². The van der Waals surface area contributed by atoms with E-state index < -0.39 is 23.3 Å². The quantitative estimate of drug-likeness (QED) is 0.0987. The minimum absolute atomic E-state index is 0.0118. The van der Waals surface area contributed by atoms with Crippen LogP contribution < -0.4 is 0 Å². The van der Waals surface area contributed by atoms with Crippen molar-refractivity contribution >= 4 is 23.7 Å². The van der Waals surface area contributed by atoms with Crippen molar-refractivity contribution in [2.24, 2.45) is 0 Å². The summed E-state index contributed by atoms with van der Waals surface area (Å²) in [6.07, 6.45) is -0.450. The van der Waals surface area contributed by atoms with Gasteiger partial charge in [0, 0.05) is 6.42 Å². The molecule has 0 fully saturated rings. The number of Topliss-reactive ketones (excluding diaryl/α,β-unsaturated/α-hetero) is 1. The van der Waals surface area contributed by atoms with Crippen molar-refractivity contribution in [3.8, 4) is 0 Å². The van der Waals surface area contributed by atoms with Crippen LogP contribution in [0.15, 0.2) is 0 Å². The number of carboxylic acids is 1. The number of ether oxygens (including phenoxy) is 8. The summed E-state index contributed by atoms with van der Waals surface area (Å²) in [5.41, 5.74) is -0.488. The molecular weight excluding hydrogens is 496 g/mol. The molecule has 1 N–H and O–H groups in total. The molecule has 0 rings (SSSR count). The van der Waals surface area contributed by atoms with E-state index in [-0.39, 0.29) is 38.4 Å². The van der Waals surface area contributed by atoms with Gasteiger partial charge in [-0.2, -0.15) is 0 Å². The summed E-state index contributed by atoms with van der Waals surface area (Å²) in [6.45, 7) is 9.94. The van der Waals surface area contributed by atoms with Crippen molar-refractivity contribution in [2.75, 3.05) is 85.9 Å². The fourth-order valence-corrected chi connectivity index (χ4v) is 2.36. The third-order valence-electron chi connectivity index (χ3n) is 4.02. The maximum absolute atomic E-state index is 11.5. The molecule has 0 aromatic carbocycles. The molecular formula is C24H42O13. The Balaban J connectivity index is 3.23. The Kier molecular flexibility index (Phi) is 21.7. The third kappa shape index (κ3) is 26.7. The first kappa shape index (κ1) is 34.8. The Morgan fingerprint density at radius 1 is 0.514 bits per heavy atom. The van der Waals surface area contributed by atoms with Crippen LogP contribution >= 0.6 is 0 Å². The summed E-state index contributed by atoms with van der Waals surface area (Å²) >= 11 is 0. The monoisotopic (exact) mass is 538 g/mol. The number of rotatable bonds is 25. The Hall–Kier alpha value is -2.16. The van der Waals surface area contributed by atoms with E-state index in [0.717, 1.165) is 0 Å². The Labute approximate surface area is 217 Å². The van der Waals surface area contributed by atoms with Crippen LogP contribution in [-0.4, -0.2) is 120 Å². The van der Waals surface area contributed by atoms with Gasteiger partial charge >= 0.3 is 17.9 Å². The molecule has 13 heteroatoms. The summed E-state index contributed by atoms with van der Waals surface area (Å²) in [7, 11) is 0. The number of aliphatic carboxylic acids is 1. The highest BCUT2D eigenvalue weighted by atomic mass is 16.6. The number of carboxylic acid groups (broad SMARTS) is 1. The maximum atomic E-state index is 11.5. The number of ketones is 1. The predicted molar refractivity (Wildman–Crippen MR) is 128 cm³/mol. The number of carbonyl (C=O) groups excluding carboxylic acids is 3. The summed E-state index contributed by atoms with van der Waals surface area (Å²) < 4.78 is 42.0. The molecule has 0 aliphatic rings. The highest BCUT2D eigenvalue weighted by Gasteiger charge is 2.16. The SMILES string of the molecule is CC(C)(C)OC(=O)CCOCCOCCOCCOCCOCCOCCOC(=O)CCC(=O)C(=O)O. The van der Waals surface area contributed by atoms with Gasteiger partial charge in [0.25, 0.3) is 0 Å². The van der Waals surface area contributed by atoms with Crippen molar-refractivity contribution in [1.29, 1.82) is 0 Å². The molecule has 37 heavy (non-hydrogen) atoms. The zero-order valence-corrected chi connectivity index (χ0v) is 22.2. The largest absolute Gasteiger partial charge is 0.476 e. The maximum Gasteiger partial charge on any atom is 0.372 e. The summed E-state index contributed by atoms with van der Waals surface area (Å²) in [5, 5.41) is 8.41. The minimum atomic E-state index is -1.56. The lowest BCUT2D eigenvalue weighted by Gasteiger charge is -2.19. The van der Waals surface area contributed by atoms with Gasteiger partial charge in [0.2, 0.25) is 5.78 Å². The molecule has 0 unspecified atom stereocenters. The lowest BCUT2D eigenvalue weighted by Crippen LogP contribution is -2.24. The summed E-state index contributed by atoms with van der Waals surface area (Å²) in [5.74, 6) is -3.53. The standard InChI is InChI=1S/C24H42O13/c1-24(2,3)37-22(27)6-7-30-8-9-31-10-11-32-12-13-33-14-15-34-16-17-35-18-19-36-21(26)5-4-20(25)23(28)29/h4-19H2,1-3H3,(H,28,29). The van der Waals surface area contributed by atoms with Crippen molar-refractivity contribution in [2.45, 2.75) is 45.6 Å². The van der Waals surface area contributed by atoms with E-state index in [0.29, 0.717) is 72.7 Å². The van der Waals surface area contributed by atoms with Crippen LogP contribution in [0, 0.1) is 0 Å². The molecule has 0 aromatic heterocycles. The van der Waals surface area contributed by atoms with E-state index in [2.05, 4.69) is 0 Å². The fourth-order valence-electron chi connectivity index (χ4n) is 2.36. The third-order valence-corrected chi connectivity index (χ3v) is 4.02. The first-order valence-electron chi connectivity index (χ1n) is 12.2. The second-order valence-electron chi connectivity index (χ2n) is 8.46. The lowest BCUT2D eigenvalue weighted by molar-refractivity contribution is -0.156. The summed E-state index contributed by atoms with van der Waals surface area (Å²) in [6, 6.07) is 0. The molecule has 0 saturated heterocycles. The Morgan fingerprint density at radius 3 is 1.27 bits per heavy atom. The summed E-state index contributed by atoms with van der Waals surface area (Å²) in [4.78, 5) is 44.0. The normalized spacial score (nSPS) is 11.3. The van der Waals surface area contributed by atoms with E-state index in [9.17, 15) is 19.2 Å². The average molecular weight is 539 g/mol. The number of hydrogen-bond acceptors (Lipinski definition) is 12. The molecule has 0 aliphatic carbocycles. The van der Waals surface area contributed by atoms with Gasteiger partial charge < -0.3 is 43.0 Å². The molecule has 13 nitrogen and oxygen atoms in total. The minimum Gasteiger partial charge on any atom is -0.476 e. The van der Waals surface area contributed by atoms with Gasteiger partial charge in [0.15, 0.2) is 0 Å². The van der Waals surface area contributed by atoms with Gasteiger partial charge in [0.05, 0.1) is 92.1 Å². The Morgan fingerprint density at radius 2 is 0.892 bits per heavy atom. The van der Waals surface area contributed by atoms with Crippen LogP contribution in [0.1, 0.15) is 40.0 Å². The van der Waals surface area contributed by atoms with Gasteiger partial charge in [0.1, 0.15) is 12.2 Å². The molecule has 0 aliphatic heterocycles. The molecule has 0 radical (unpaired) electrons. The van der Waals surface area contributed by atoms with Crippen LogP contribution in [0.25, 0.3) is 0 Å².